The first-order valence-corrected chi connectivity index (χ1v) is 20.9. The van der Waals surface area contributed by atoms with E-state index in [-0.39, 0.29) is 43.8 Å². The summed E-state index contributed by atoms with van der Waals surface area (Å²) < 4.78 is 48.2. The van der Waals surface area contributed by atoms with Gasteiger partial charge in [-0.05, 0) is 50.2 Å². The van der Waals surface area contributed by atoms with Crippen LogP contribution in [-0.4, -0.2) is 82.5 Å². The summed E-state index contributed by atoms with van der Waals surface area (Å²) in [5.74, 6) is -2.65. The molecule has 0 bridgehead atoms. The molecule has 13 nitrogen and oxygen atoms in total. The van der Waals surface area contributed by atoms with E-state index in [1.54, 1.807) is 12.1 Å². The Morgan fingerprint density at radius 2 is 1.91 bits per heavy atom. The summed E-state index contributed by atoms with van der Waals surface area (Å²) in [6.45, 7) is 6.28. The van der Waals surface area contributed by atoms with Gasteiger partial charge in [0.05, 0.1) is 24.0 Å². The zero-order valence-corrected chi connectivity index (χ0v) is 31.9. The minimum atomic E-state index is -3.89. The van der Waals surface area contributed by atoms with E-state index in [0.717, 1.165) is 31.4 Å². The highest BCUT2D eigenvalue weighted by molar-refractivity contribution is 7.91. The van der Waals surface area contributed by atoms with Crippen molar-refractivity contribution in [3.8, 4) is 0 Å². The summed E-state index contributed by atoms with van der Waals surface area (Å²) in [6.07, 6.45) is 6.94. The van der Waals surface area contributed by atoms with Crippen molar-refractivity contribution >= 4 is 50.3 Å². The van der Waals surface area contributed by atoms with Gasteiger partial charge in [0, 0.05) is 35.2 Å². The number of nitrogens with one attached hydrogen (secondary N) is 3. The number of hydrogen-bond acceptors (Lipinski definition) is 10. The molecular formula is C37H47FN6O7S2. The van der Waals surface area contributed by atoms with Crippen LogP contribution >= 0.6 is 11.3 Å². The van der Waals surface area contributed by atoms with Crippen molar-refractivity contribution in [2.75, 3.05) is 11.9 Å². The summed E-state index contributed by atoms with van der Waals surface area (Å²) in [4.78, 5) is 63.5. The van der Waals surface area contributed by atoms with Crippen LogP contribution in [0, 0.1) is 11.7 Å². The number of carbonyl (C=O) groups excluding carboxylic acids is 4. The molecule has 2 saturated carbocycles. The maximum atomic E-state index is 14.6. The number of ether oxygens (including phenoxy) is 1. The largest absolute Gasteiger partial charge is 0.444 e. The first kappa shape index (κ1) is 37.3. The molecule has 286 valence electrons. The summed E-state index contributed by atoms with van der Waals surface area (Å²) >= 11 is 1.40. The fourth-order valence-corrected chi connectivity index (χ4v) is 9.76. The summed E-state index contributed by atoms with van der Waals surface area (Å²) in [7, 11) is -3.89. The number of sulfonamides is 1. The molecule has 2 aliphatic carbocycles. The van der Waals surface area contributed by atoms with Gasteiger partial charge >= 0.3 is 6.09 Å². The molecule has 3 fully saturated rings. The normalized spacial score (nSPS) is 27.8. The number of anilines is 1. The van der Waals surface area contributed by atoms with Crippen molar-refractivity contribution in [2.24, 2.45) is 5.92 Å². The van der Waals surface area contributed by atoms with Gasteiger partial charge in [-0.3, -0.25) is 24.0 Å². The highest BCUT2D eigenvalue weighted by Gasteiger charge is 2.62. The maximum absolute atomic E-state index is 14.6. The topological polar surface area (TPSA) is 167 Å². The van der Waals surface area contributed by atoms with E-state index >= 15 is 0 Å². The molecule has 0 radical (unpaired) electrons. The minimum absolute atomic E-state index is 0.0345. The van der Waals surface area contributed by atoms with Gasteiger partial charge in [0.25, 0.3) is 5.91 Å². The monoisotopic (exact) mass is 770 g/mol. The smallest absolute Gasteiger partial charge is 0.410 e. The zero-order valence-electron chi connectivity index (χ0n) is 30.2. The van der Waals surface area contributed by atoms with Crippen molar-refractivity contribution in [1.29, 1.82) is 0 Å². The van der Waals surface area contributed by atoms with Gasteiger partial charge in [0.1, 0.15) is 29.5 Å². The molecule has 1 saturated heterocycles. The Bertz CT molecular complexity index is 1920. The van der Waals surface area contributed by atoms with Crippen LogP contribution in [0.4, 0.5) is 14.3 Å². The van der Waals surface area contributed by atoms with E-state index in [1.165, 1.54) is 27.2 Å². The fraction of sp³-hybridized carbons (Fsp3) is 0.595. The van der Waals surface area contributed by atoms with Crippen LogP contribution < -0.4 is 15.4 Å². The van der Waals surface area contributed by atoms with Gasteiger partial charge in [-0.2, -0.15) is 0 Å². The van der Waals surface area contributed by atoms with E-state index < -0.39 is 68.6 Å². The van der Waals surface area contributed by atoms with Crippen molar-refractivity contribution in [1.82, 2.24) is 24.8 Å². The van der Waals surface area contributed by atoms with Gasteiger partial charge in [-0.25, -0.2) is 22.6 Å². The zero-order chi connectivity index (χ0) is 37.7. The minimum Gasteiger partial charge on any atom is -0.444 e. The molecule has 2 aromatic rings. The van der Waals surface area contributed by atoms with Gasteiger partial charge in [0.2, 0.25) is 21.8 Å². The van der Waals surface area contributed by atoms with E-state index in [9.17, 15) is 32.0 Å². The Morgan fingerprint density at radius 1 is 1.11 bits per heavy atom. The number of halogens is 1. The number of fused-ring (bicyclic) bond motifs is 3. The molecule has 0 spiro atoms. The number of hydrogen-bond donors (Lipinski definition) is 3. The summed E-state index contributed by atoms with van der Waals surface area (Å²) in [5.41, 5.74) is 0.272. The third kappa shape index (κ3) is 7.94. The average Bonchev–Trinajstić information content (AvgIpc) is 3.88. The van der Waals surface area contributed by atoms with Gasteiger partial charge in [-0.1, -0.05) is 57.9 Å². The highest BCUT2D eigenvalue weighted by Crippen LogP contribution is 2.46. The number of carbonyl (C=O) groups is 4. The lowest BCUT2D eigenvalue weighted by atomic mass is 9.93. The molecule has 4 amide bonds. The number of benzene rings is 1. The SMILES string of the molecule is CC(C)(C)c1csc(N[C@H]2CCCCCC=C[C@@H]3C[C@@]3(C(=O)NS(=O)(=O)C3CC3)NC(=O)[C@@H]3C[C@@H](OC(=O)N4Cc5cccc(F)c5C4)CN3C2=O)n1. The van der Waals surface area contributed by atoms with Gasteiger partial charge in [-0.15, -0.1) is 11.3 Å². The van der Waals surface area contributed by atoms with E-state index in [1.807, 2.05) is 17.5 Å². The first-order chi connectivity index (χ1) is 25.1. The Labute approximate surface area is 313 Å². The lowest BCUT2D eigenvalue weighted by Gasteiger charge is -2.30. The van der Waals surface area contributed by atoms with E-state index in [2.05, 4.69) is 36.1 Å². The van der Waals surface area contributed by atoms with E-state index in [0.29, 0.717) is 35.5 Å². The number of allylic oxidation sites excluding steroid dienone is 1. The molecule has 5 atom stereocenters. The Kier molecular flexibility index (Phi) is 10.1. The van der Waals surface area contributed by atoms with Crippen LogP contribution in [0.3, 0.4) is 0 Å². The molecule has 3 N–H and O–H groups in total. The fourth-order valence-electron chi connectivity index (χ4n) is 7.41. The van der Waals surface area contributed by atoms with Crippen molar-refractivity contribution in [3.63, 3.8) is 0 Å². The molecule has 3 aliphatic heterocycles. The molecule has 1 aromatic carbocycles. The molecule has 4 heterocycles. The lowest BCUT2D eigenvalue weighted by molar-refractivity contribution is -0.140. The molecular weight excluding hydrogens is 724 g/mol. The third-order valence-corrected chi connectivity index (χ3v) is 13.5. The van der Waals surface area contributed by atoms with E-state index in [4.69, 9.17) is 9.72 Å². The van der Waals surface area contributed by atoms with Crippen LogP contribution in [0.2, 0.25) is 0 Å². The van der Waals surface area contributed by atoms with Crippen LogP contribution in [0.5, 0.6) is 0 Å². The Morgan fingerprint density at radius 3 is 2.62 bits per heavy atom. The summed E-state index contributed by atoms with van der Waals surface area (Å²) in [5, 5.41) is 8.09. The third-order valence-electron chi connectivity index (χ3n) is 10.9. The van der Waals surface area contributed by atoms with Crippen LogP contribution in [0.25, 0.3) is 0 Å². The Balaban J connectivity index is 1.15. The quantitative estimate of drug-likeness (QED) is 0.359. The molecule has 16 heteroatoms. The molecule has 53 heavy (non-hydrogen) atoms. The van der Waals surface area contributed by atoms with Crippen LogP contribution in [-0.2, 0) is 47.6 Å². The van der Waals surface area contributed by atoms with Gasteiger partial charge in [0.15, 0.2) is 5.13 Å². The predicted molar refractivity (Wildman–Crippen MR) is 196 cm³/mol. The highest BCUT2D eigenvalue weighted by atomic mass is 32.2. The maximum Gasteiger partial charge on any atom is 0.410 e. The predicted octanol–water partition coefficient (Wildman–Crippen LogP) is 4.49. The van der Waals surface area contributed by atoms with Crippen molar-refractivity contribution < 1.29 is 36.7 Å². The number of nitrogens with zero attached hydrogens (tertiary/aromatic N) is 3. The molecule has 5 aliphatic rings. The Hall–Kier alpha value is -4.05. The second-order valence-electron chi connectivity index (χ2n) is 16.0. The number of rotatable bonds is 6. The number of thiazole rings is 1. The van der Waals surface area contributed by atoms with Crippen LogP contribution in [0.1, 0.15) is 95.4 Å². The second-order valence-corrected chi connectivity index (χ2v) is 18.8. The average molecular weight is 771 g/mol. The lowest BCUT2D eigenvalue weighted by Crippen LogP contribution is -2.57. The summed E-state index contributed by atoms with van der Waals surface area (Å²) in [6, 6.07) is 2.81. The number of amides is 4. The van der Waals surface area contributed by atoms with Gasteiger partial charge < -0.3 is 20.3 Å². The van der Waals surface area contributed by atoms with Crippen molar-refractivity contribution in [2.45, 2.75) is 126 Å². The van der Waals surface area contributed by atoms with Crippen LogP contribution in [0.15, 0.2) is 35.7 Å². The first-order valence-electron chi connectivity index (χ1n) is 18.4. The molecule has 0 unspecified atom stereocenters. The molecule has 7 rings (SSSR count). The molecule has 1 aromatic heterocycles. The second kappa shape index (κ2) is 14.3. The number of aromatic nitrogens is 1. The van der Waals surface area contributed by atoms with Crippen molar-refractivity contribution in [3.05, 3.63) is 58.4 Å². The standard InChI is InChI=1S/C37H47FN6O7S2/c1-36(2,3)30-21-52-34(40-30)39-28-13-8-6-4-5-7-11-23-17-37(23,33(47)42-53(49,50)25-14-15-25)41-31(45)29-16-24(19-44(29)32(28)46)51-35(48)43-18-22-10-9-12-27(38)26(22)20-43/h7,9-12,21,23-25,28-29H,4-6,8,13-20H2,1-3H3,(H,39,40)(H,41,45)(H,42,47)/t23-,24-,28+,29+,37-/m1/s1.